The Bertz CT molecular complexity index is 2250. The average molecular weight is 612 g/mol. The Kier molecular flexibility index (Phi) is 6.27. The molecule has 0 radical (unpaired) electrons. The maximum Gasteiger partial charge on any atom is 0.0585 e. The van der Waals surface area contributed by atoms with Gasteiger partial charge in [0.05, 0.1) is 6.04 Å². The van der Waals surface area contributed by atoms with Gasteiger partial charge in [0.25, 0.3) is 0 Å². The van der Waals surface area contributed by atoms with Gasteiger partial charge in [-0.25, -0.2) is 0 Å². The Morgan fingerprint density at radius 1 is 0.717 bits per heavy atom. The first-order valence-electron chi connectivity index (χ1n) is 16.6. The lowest BCUT2D eigenvalue weighted by molar-refractivity contribution is 0.609. The molecule has 3 aliphatic carbocycles. The van der Waals surface area contributed by atoms with Gasteiger partial charge < -0.3 is 4.90 Å². The molecule has 0 saturated heterocycles. The normalized spacial score (nSPS) is 20.5. The zero-order valence-corrected chi connectivity index (χ0v) is 27.4. The van der Waals surface area contributed by atoms with E-state index in [2.05, 4.69) is 165 Å². The van der Waals surface area contributed by atoms with Crippen LogP contribution in [-0.2, 0) is 11.8 Å². The van der Waals surface area contributed by atoms with Crippen molar-refractivity contribution >= 4 is 49.6 Å². The van der Waals surface area contributed by atoms with E-state index >= 15 is 0 Å². The molecule has 2 heteroatoms. The van der Waals surface area contributed by atoms with E-state index in [-0.39, 0.29) is 11.5 Å². The second-order valence-corrected chi connectivity index (χ2v) is 14.9. The molecule has 3 unspecified atom stereocenters. The molecule has 0 aliphatic heterocycles. The van der Waals surface area contributed by atoms with E-state index in [0.717, 1.165) is 6.42 Å². The van der Waals surface area contributed by atoms with Crippen molar-refractivity contribution in [3.63, 3.8) is 0 Å². The van der Waals surface area contributed by atoms with Gasteiger partial charge in [-0.2, -0.15) is 0 Å². The van der Waals surface area contributed by atoms with Crippen molar-refractivity contribution in [1.82, 2.24) is 0 Å². The lowest BCUT2D eigenvalue weighted by Crippen LogP contribution is -2.35. The van der Waals surface area contributed by atoms with Crippen LogP contribution in [0.15, 0.2) is 134 Å². The van der Waals surface area contributed by atoms with Gasteiger partial charge in [0.15, 0.2) is 0 Å². The first-order chi connectivity index (χ1) is 22.5. The lowest BCUT2D eigenvalue weighted by Gasteiger charge is -2.36. The number of rotatable bonds is 4. The second-order valence-electron chi connectivity index (χ2n) is 13.7. The number of para-hydroxylation sites is 1. The Labute approximate surface area is 275 Å². The summed E-state index contributed by atoms with van der Waals surface area (Å²) < 4.78 is 1.37. The van der Waals surface area contributed by atoms with Crippen LogP contribution in [0.4, 0.5) is 11.4 Å². The molecule has 6 aromatic rings. The Morgan fingerprint density at radius 3 is 2.37 bits per heavy atom. The van der Waals surface area contributed by atoms with Crippen LogP contribution in [0.5, 0.6) is 0 Å². The SMILES string of the molecule is CC1C=CC=CC1N(c1ccccc1)c1ccc2c3c(sc2c1)CC(c1c2c(cc4ccccc14)C(C)(C)c1ccccc1-2)C=C3. The fourth-order valence-corrected chi connectivity index (χ4v) is 9.65. The topological polar surface area (TPSA) is 3.24 Å². The Hall–Kier alpha value is -4.66. The molecule has 0 fully saturated rings. The van der Waals surface area contributed by atoms with E-state index in [0.29, 0.717) is 11.8 Å². The average Bonchev–Trinajstić information content (AvgIpc) is 3.56. The minimum atomic E-state index is -0.0201. The standard InChI is InChI=1S/C44H37NS/c1-28-13-7-12-20-39(28)45(31-15-5-4-6-16-31)32-22-24-35-34-23-21-30(26-40(34)46-41(35)27-32)42-33-17-9-8-14-29(33)25-38-43(42)36-18-10-11-19-37(36)44(38,2)3/h4-25,27-28,30,39H,26H2,1-3H3. The van der Waals surface area contributed by atoms with Crippen molar-refractivity contribution in [2.45, 2.75) is 44.6 Å². The summed E-state index contributed by atoms with van der Waals surface area (Å²) in [5.74, 6) is 0.737. The highest BCUT2D eigenvalue weighted by atomic mass is 32.1. The van der Waals surface area contributed by atoms with Gasteiger partial charge in [-0.3, -0.25) is 0 Å². The van der Waals surface area contributed by atoms with Gasteiger partial charge in [0.1, 0.15) is 0 Å². The largest absolute Gasteiger partial charge is 0.334 e. The van der Waals surface area contributed by atoms with Crippen molar-refractivity contribution in [3.05, 3.63) is 161 Å². The number of thiophene rings is 1. The van der Waals surface area contributed by atoms with Gasteiger partial charge in [0.2, 0.25) is 0 Å². The maximum atomic E-state index is 2.51. The molecule has 5 aromatic carbocycles. The number of anilines is 2. The number of fused-ring (bicyclic) bond motifs is 7. The minimum absolute atomic E-state index is 0.0201. The van der Waals surface area contributed by atoms with Gasteiger partial charge in [0, 0.05) is 37.7 Å². The van der Waals surface area contributed by atoms with E-state index in [1.54, 1.807) is 0 Å². The van der Waals surface area contributed by atoms with Gasteiger partial charge >= 0.3 is 0 Å². The van der Waals surface area contributed by atoms with Crippen molar-refractivity contribution in [1.29, 1.82) is 0 Å². The highest BCUT2D eigenvalue weighted by Crippen LogP contribution is 2.54. The Morgan fingerprint density at radius 2 is 1.50 bits per heavy atom. The summed E-state index contributed by atoms with van der Waals surface area (Å²) in [4.78, 5) is 4.01. The quantitative estimate of drug-likeness (QED) is 0.192. The fraction of sp³-hybridized carbons (Fsp3) is 0.182. The molecule has 0 amide bonds. The summed E-state index contributed by atoms with van der Waals surface area (Å²) in [5, 5.41) is 4.10. The maximum absolute atomic E-state index is 2.51. The molecule has 0 spiro atoms. The predicted octanol–water partition coefficient (Wildman–Crippen LogP) is 12.0. The van der Waals surface area contributed by atoms with Crippen LogP contribution in [-0.4, -0.2) is 6.04 Å². The van der Waals surface area contributed by atoms with Crippen molar-refractivity contribution in [2.75, 3.05) is 4.90 Å². The third-order valence-electron chi connectivity index (χ3n) is 10.7. The summed E-state index contributed by atoms with van der Waals surface area (Å²) in [6.07, 6.45) is 15.0. The van der Waals surface area contributed by atoms with Gasteiger partial charge in [-0.1, -0.05) is 130 Å². The van der Waals surface area contributed by atoms with Gasteiger partial charge in [-0.05, 0) is 86.8 Å². The number of hydrogen-bond acceptors (Lipinski definition) is 2. The molecule has 1 aromatic heterocycles. The summed E-state index contributed by atoms with van der Waals surface area (Å²) in [6, 6.07) is 38.8. The molecule has 3 atom stereocenters. The molecule has 1 heterocycles. The minimum Gasteiger partial charge on any atom is -0.334 e. The van der Waals surface area contributed by atoms with Crippen molar-refractivity contribution in [2.24, 2.45) is 5.92 Å². The van der Waals surface area contributed by atoms with E-state index in [4.69, 9.17) is 0 Å². The van der Waals surface area contributed by atoms with Crippen molar-refractivity contribution < 1.29 is 0 Å². The van der Waals surface area contributed by atoms with Crippen molar-refractivity contribution in [3.8, 4) is 11.1 Å². The van der Waals surface area contributed by atoms with E-state index in [1.807, 2.05) is 11.3 Å². The molecule has 46 heavy (non-hydrogen) atoms. The molecule has 0 saturated carbocycles. The lowest BCUT2D eigenvalue weighted by atomic mass is 9.78. The highest BCUT2D eigenvalue weighted by Gasteiger charge is 2.39. The zero-order valence-electron chi connectivity index (χ0n) is 26.6. The highest BCUT2D eigenvalue weighted by molar-refractivity contribution is 7.19. The molecule has 1 nitrogen and oxygen atoms in total. The Balaban J connectivity index is 1.16. The molecule has 224 valence electrons. The van der Waals surface area contributed by atoms with Crippen LogP contribution in [0.25, 0.3) is 38.1 Å². The molecule has 3 aliphatic rings. The van der Waals surface area contributed by atoms with Crippen LogP contribution in [0, 0.1) is 5.92 Å². The monoisotopic (exact) mass is 611 g/mol. The van der Waals surface area contributed by atoms with Crippen LogP contribution < -0.4 is 4.90 Å². The van der Waals surface area contributed by atoms with Crippen LogP contribution in [0.2, 0.25) is 0 Å². The van der Waals surface area contributed by atoms with E-state index in [9.17, 15) is 0 Å². The summed E-state index contributed by atoms with van der Waals surface area (Å²) in [6.45, 7) is 7.11. The zero-order chi connectivity index (χ0) is 31.0. The number of allylic oxidation sites excluding steroid dienone is 3. The molecule has 0 N–H and O–H groups in total. The first kappa shape index (κ1) is 27.6. The van der Waals surface area contributed by atoms with Crippen LogP contribution in [0.1, 0.15) is 53.8 Å². The molecular formula is C44H37NS. The van der Waals surface area contributed by atoms with Gasteiger partial charge in [-0.15, -0.1) is 11.3 Å². The summed E-state index contributed by atoms with van der Waals surface area (Å²) >= 11 is 1.99. The summed E-state index contributed by atoms with van der Waals surface area (Å²) in [7, 11) is 0. The van der Waals surface area contributed by atoms with Crippen LogP contribution in [0.3, 0.4) is 0 Å². The number of nitrogens with zero attached hydrogens (tertiary/aromatic N) is 1. The first-order valence-corrected chi connectivity index (χ1v) is 17.4. The number of benzene rings is 5. The molecule has 9 rings (SSSR count). The second kappa shape index (κ2) is 10.4. The van der Waals surface area contributed by atoms with E-state index in [1.165, 1.54) is 70.5 Å². The molecule has 0 bridgehead atoms. The summed E-state index contributed by atoms with van der Waals surface area (Å²) in [5.41, 5.74) is 11.1. The third kappa shape index (κ3) is 4.13. The smallest absolute Gasteiger partial charge is 0.0585 e. The number of hydrogen-bond donors (Lipinski definition) is 0. The third-order valence-corrected chi connectivity index (χ3v) is 11.9. The fourth-order valence-electron chi connectivity index (χ4n) is 8.36. The predicted molar refractivity (Wildman–Crippen MR) is 199 cm³/mol. The van der Waals surface area contributed by atoms with E-state index < -0.39 is 0 Å². The molecular weight excluding hydrogens is 575 g/mol. The van der Waals surface area contributed by atoms with Crippen LogP contribution >= 0.6 is 11.3 Å².